The maximum Gasteiger partial charge on any atom is 0.433 e. The number of halogens is 3. The first-order valence-corrected chi connectivity index (χ1v) is 15.1. The number of anilines is 1. The number of carbonyl (C=O) groups is 3. The molecule has 1 aliphatic carbocycles. The third-order valence-corrected chi connectivity index (χ3v) is 9.22. The van der Waals surface area contributed by atoms with Crippen molar-refractivity contribution in [1.29, 1.82) is 0 Å². The maximum absolute atomic E-state index is 14.0. The van der Waals surface area contributed by atoms with Crippen LogP contribution in [0.1, 0.15) is 61.1 Å². The first kappa shape index (κ1) is 29.3. The van der Waals surface area contributed by atoms with Gasteiger partial charge >= 0.3 is 6.18 Å². The first-order chi connectivity index (χ1) is 22.5. The van der Waals surface area contributed by atoms with E-state index >= 15 is 0 Å². The molecule has 0 bridgehead atoms. The summed E-state index contributed by atoms with van der Waals surface area (Å²) in [5, 5.41) is 7.50. The van der Waals surface area contributed by atoms with Gasteiger partial charge in [0.05, 0.1) is 24.0 Å². The molecule has 1 N–H and O–H groups in total. The summed E-state index contributed by atoms with van der Waals surface area (Å²) in [5.74, 6) is -1.62. The summed E-state index contributed by atoms with van der Waals surface area (Å²) in [5.41, 5.74) is 2.81. The van der Waals surface area contributed by atoms with Crippen molar-refractivity contribution in [2.75, 3.05) is 5.32 Å². The van der Waals surface area contributed by atoms with Crippen LogP contribution >= 0.6 is 0 Å². The van der Waals surface area contributed by atoms with Crippen molar-refractivity contribution in [1.82, 2.24) is 34.0 Å². The Morgan fingerprint density at radius 1 is 1.13 bits per heavy atom. The molecule has 5 aromatic heterocycles. The number of hydrogen-bond donors (Lipinski definition) is 1. The fourth-order valence-electron chi connectivity index (χ4n) is 6.74. The van der Waals surface area contributed by atoms with E-state index in [0.717, 1.165) is 5.69 Å². The Morgan fingerprint density at radius 2 is 1.89 bits per heavy atom. The smallest absolute Gasteiger partial charge is 0.336 e. The van der Waals surface area contributed by atoms with Gasteiger partial charge in [-0.05, 0) is 63.6 Å². The molecule has 2 aliphatic rings. The van der Waals surface area contributed by atoms with Gasteiger partial charge in [0.1, 0.15) is 24.1 Å². The fraction of sp³-hybridized carbons (Fsp3) is 0.364. The van der Waals surface area contributed by atoms with Crippen LogP contribution < -0.4 is 5.32 Å². The molecule has 1 saturated carbocycles. The average Bonchev–Trinajstić information content (AvgIpc) is 3.27. The highest BCUT2D eigenvalue weighted by atomic mass is 19.4. The molecule has 47 heavy (non-hydrogen) atoms. The second kappa shape index (κ2) is 10.4. The van der Waals surface area contributed by atoms with Crippen molar-refractivity contribution in [3.05, 3.63) is 71.0 Å². The fourth-order valence-corrected chi connectivity index (χ4v) is 6.74. The molecule has 5 aromatic rings. The average molecular weight is 646 g/mol. The van der Waals surface area contributed by atoms with Crippen LogP contribution in [0.3, 0.4) is 0 Å². The number of carbonyl (C=O) groups excluding carboxylic acids is 3. The Balaban J connectivity index is 1.20. The van der Waals surface area contributed by atoms with Gasteiger partial charge in [-0.25, -0.2) is 14.5 Å². The molecule has 0 spiro atoms. The number of hydrogen-bond acceptors (Lipinski definition) is 7. The van der Waals surface area contributed by atoms with Crippen molar-refractivity contribution in [2.45, 2.75) is 72.3 Å². The summed E-state index contributed by atoms with van der Waals surface area (Å²) in [6.45, 7) is 8.27. The van der Waals surface area contributed by atoms with Crippen LogP contribution in [-0.4, -0.2) is 63.7 Å². The number of Topliss-reactive ketones (excluding diaryl/α,β-unsaturated/α-hetero) is 1. The van der Waals surface area contributed by atoms with Crippen molar-refractivity contribution in [3.63, 3.8) is 0 Å². The van der Waals surface area contributed by atoms with E-state index in [1.165, 1.54) is 18.7 Å². The number of amides is 2. The maximum atomic E-state index is 14.0. The monoisotopic (exact) mass is 645 g/mol. The molecule has 3 atom stereocenters. The van der Waals surface area contributed by atoms with Crippen LogP contribution in [-0.2, 0) is 22.3 Å². The number of rotatable bonds is 6. The topological polar surface area (TPSA) is 127 Å². The third-order valence-electron chi connectivity index (χ3n) is 9.22. The van der Waals surface area contributed by atoms with Crippen LogP contribution in [0, 0.1) is 26.2 Å². The van der Waals surface area contributed by atoms with Crippen LogP contribution in [0.25, 0.3) is 27.8 Å². The molecular formula is C33H31F3N8O3. The van der Waals surface area contributed by atoms with Gasteiger partial charge in [0.2, 0.25) is 11.8 Å². The Kier molecular flexibility index (Phi) is 6.50. The molecule has 11 nitrogen and oxygen atoms in total. The molecular weight excluding hydrogens is 613 g/mol. The van der Waals surface area contributed by atoms with Gasteiger partial charge in [0.15, 0.2) is 11.4 Å². The Labute approximate surface area is 268 Å². The number of aryl methyl sites for hydroxylation is 2. The molecule has 6 heterocycles. The Hall–Kier alpha value is -5.14. The minimum Gasteiger partial charge on any atom is -0.336 e. The number of likely N-dealkylation sites (tertiary alicyclic amines) is 1. The van der Waals surface area contributed by atoms with E-state index in [4.69, 9.17) is 6.35 Å². The van der Waals surface area contributed by atoms with Gasteiger partial charge in [-0.2, -0.15) is 18.3 Å². The summed E-state index contributed by atoms with van der Waals surface area (Å²) in [4.78, 5) is 54.7. The van der Waals surface area contributed by atoms with Crippen molar-refractivity contribution >= 4 is 40.0 Å². The lowest BCUT2D eigenvalue weighted by atomic mass is 10.0. The predicted molar refractivity (Wildman–Crippen MR) is 166 cm³/mol. The van der Waals surface area contributed by atoms with Crippen molar-refractivity contribution < 1.29 is 28.9 Å². The summed E-state index contributed by atoms with van der Waals surface area (Å²) < 4.78 is 51.5. The summed E-state index contributed by atoms with van der Waals surface area (Å²) >= 11 is 0. The molecule has 1 aliphatic heterocycles. The molecule has 1 saturated heterocycles. The summed E-state index contributed by atoms with van der Waals surface area (Å²) in [6, 6.07) is 2.65. The minimum absolute atomic E-state index is 0.0805. The van der Waals surface area contributed by atoms with Crippen LogP contribution in [0.5, 0.6) is 0 Å². The number of nitrogens with zero attached hydrogens (tertiary/aromatic N) is 7. The number of piperidine rings is 1. The van der Waals surface area contributed by atoms with E-state index in [1.54, 1.807) is 34.5 Å². The zero-order valence-electron chi connectivity index (χ0n) is 27.2. The number of alkyl halides is 3. The molecule has 14 heteroatoms. The van der Waals surface area contributed by atoms with Gasteiger partial charge in [-0.1, -0.05) is 13.0 Å². The molecule has 242 valence electrons. The molecule has 7 rings (SSSR count). The van der Waals surface area contributed by atoms with E-state index in [1.807, 2.05) is 26.1 Å². The van der Waals surface area contributed by atoms with Gasteiger partial charge in [-0.15, -0.1) is 0 Å². The predicted octanol–water partition coefficient (Wildman–Crippen LogP) is 5.31. The highest BCUT2D eigenvalue weighted by Gasteiger charge is 2.64. The third kappa shape index (κ3) is 5.21. The van der Waals surface area contributed by atoms with E-state index in [2.05, 4.69) is 20.4 Å². The zero-order valence-corrected chi connectivity index (χ0v) is 26.2. The number of pyridine rings is 2. The molecule has 0 radical (unpaired) electrons. The van der Waals surface area contributed by atoms with E-state index in [-0.39, 0.29) is 41.1 Å². The summed E-state index contributed by atoms with van der Waals surface area (Å²) in [6.07, 6.45) is 1.31. The van der Waals surface area contributed by atoms with Gasteiger partial charge in [-0.3, -0.25) is 19.4 Å². The highest BCUT2D eigenvalue weighted by Crippen LogP contribution is 2.59. The van der Waals surface area contributed by atoms with Crippen LogP contribution in [0.15, 0.2) is 42.8 Å². The number of aromatic nitrogens is 6. The van der Waals surface area contributed by atoms with Crippen molar-refractivity contribution in [3.8, 4) is 11.3 Å². The molecule has 2 fully saturated rings. The lowest BCUT2D eigenvalue weighted by Gasteiger charge is -2.27. The summed E-state index contributed by atoms with van der Waals surface area (Å²) in [7, 11) is 0. The number of ketones is 1. The standard InChI is InChI=1S/C33H31F3N8O3/c1-16-6-7-25(33(34,35)36)39-30(16)40-31(47)24-10-32(5)11-26(32)44(24)28(46)15-42-14-22(19(4)45)21-9-23(38-18(3)29(21)42)20-12-37-27-8-17(2)41-43(27)13-20/h6-9,12-14,24,26H,10-11,15H2,1-5H3,(H,39,40,47)/t24-,26+,32-/m0/s1/i6D. The Bertz CT molecular complexity index is 2210. The lowest BCUT2D eigenvalue weighted by molar-refractivity contribution is -0.141. The molecule has 0 aromatic carbocycles. The second-order valence-corrected chi connectivity index (χ2v) is 12.8. The van der Waals surface area contributed by atoms with Gasteiger partial charge in [0.25, 0.3) is 0 Å². The first-order valence-electron chi connectivity index (χ1n) is 15.6. The van der Waals surface area contributed by atoms with E-state index in [9.17, 15) is 27.6 Å². The highest BCUT2D eigenvalue weighted by molar-refractivity contribution is 6.08. The largest absolute Gasteiger partial charge is 0.433 e. The van der Waals surface area contributed by atoms with Crippen LogP contribution in [0.4, 0.5) is 19.0 Å². The lowest BCUT2D eigenvalue weighted by Crippen LogP contribution is -2.46. The normalized spacial score (nSPS) is 20.9. The van der Waals surface area contributed by atoms with E-state index < -0.39 is 29.9 Å². The number of fused-ring (bicyclic) bond motifs is 3. The second-order valence-electron chi connectivity index (χ2n) is 12.8. The molecule has 0 unspecified atom stereocenters. The van der Waals surface area contributed by atoms with Crippen LogP contribution in [0.2, 0.25) is 0 Å². The quantitative estimate of drug-likeness (QED) is 0.248. The minimum atomic E-state index is -4.80. The van der Waals surface area contributed by atoms with Gasteiger partial charge < -0.3 is 14.8 Å². The number of nitrogens with one attached hydrogen (secondary N) is 1. The molecule has 2 amide bonds. The SMILES string of the molecule is [2H]c1cc(C(F)(F)F)nc(NC(=O)[C@@H]2C[C@@]3(C)C[C@H]3N2C(=O)Cn2cc(C(C)=O)c3cc(-c4cnc5cc(C)nn5c4)nc(C)c32)c1C. The Morgan fingerprint density at radius 3 is 2.62 bits per heavy atom. The van der Waals surface area contributed by atoms with Gasteiger partial charge in [0, 0.05) is 47.2 Å². The van der Waals surface area contributed by atoms with Crippen molar-refractivity contribution in [2.24, 2.45) is 5.41 Å². The van der Waals surface area contributed by atoms with E-state index in [0.29, 0.717) is 58.0 Å². The zero-order chi connectivity index (χ0) is 34.4.